The van der Waals surface area contributed by atoms with E-state index in [1.807, 2.05) is 61.5 Å². The highest BCUT2D eigenvalue weighted by atomic mass is 32.1. The van der Waals surface area contributed by atoms with Gasteiger partial charge >= 0.3 is 12.0 Å². The molecule has 0 radical (unpaired) electrons. The Hall–Kier alpha value is -3.92. The van der Waals surface area contributed by atoms with Crippen LogP contribution < -0.4 is 15.4 Å². The number of urea groups is 1. The van der Waals surface area contributed by atoms with E-state index in [9.17, 15) is 14.4 Å². The van der Waals surface area contributed by atoms with Gasteiger partial charge < -0.3 is 25.0 Å². The number of likely N-dealkylation sites (N-methyl/N-ethyl adjacent to an activating group) is 1. The molecule has 184 valence electrons. The van der Waals surface area contributed by atoms with E-state index in [1.165, 1.54) is 17.4 Å². The summed E-state index contributed by atoms with van der Waals surface area (Å²) in [7, 11) is 4.43. The lowest BCUT2D eigenvalue weighted by Gasteiger charge is -2.32. The third kappa shape index (κ3) is 6.57. The van der Waals surface area contributed by atoms with Gasteiger partial charge in [-0.1, -0.05) is 49.4 Å². The van der Waals surface area contributed by atoms with Gasteiger partial charge in [0.05, 0.1) is 14.2 Å². The molecule has 2 N–H and O–H groups in total. The SMILES string of the molecule is COC(=O)c1csc(NC(=O)C(C(C)c2ccccc2)N(C)C(=O)NCc2ccc(OC)cc2)n1. The molecule has 0 bridgehead atoms. The summed E-state index contributed by atoms with van der Waals surface area (Å²) < 4.78 is 9.83. The maximum Gasteiger partial charge on any atom is 0.357 e. The molecule has 10 heteroatoms. The second-order valence-electron chi connectivity index (χ2n) is 7.78. The Morgan fingerprint density at radius 2 is 1.74 bits per heavy atom. The molecule has 3 rings (SSSR count). The minimum absolute atomic E-state index is 0.103. The van der Waals surface area contributed by atoms with Gasteiger partial charge in [-0.25, -0.2) is 14.6 Å². The molecule has 0 fully saturated rings. The van der Waals surface area contributed by atoms with Crippen molar-refractivity contribution in [1.29, 1.82) is 0 Å². The number of methoxy groups -OCH3 is 2. The molecule has 1 aromatic heterocycles. The van der Waals surface area contributed by atoms with Crippen LogP contribution in [0.4, 0.5) is 9.93 Å². The number of nitrogens with one attached hydrogen (secondary N) is 2. The maximum atomic E-state index is 13.4. The van der Waals surface area contributed by atoms with Crippen molar-refractivity contribution in [2.45, 2.75) is 25.4 Å². The molecule has 3 aromatic rings. The zero-order chi connectivity index (χ0) is 25.4. The van der Waals surface area contributed by atoms with Gasteiger partial charge in [-0.05, 0) is 23.3 Å². The molecule has 0 spiro atoms. The number of rotatable bonds is 9. The topological polar surface area (TPSA) is 110 Å². The van der Waals surface area contributed by atoms with Crippen molar-refractivity contribution in [3.63, 3.8) is 0 Å². The minimum atomic E-state index is -0.848. The lowest BCUT2D eigenvalue weighted by Crippen LogP contribution is -2.51. The summed E-state index contributed by atoms with van der Waals surface area (Å²) in [6.45, 7) is 2.17. The van der Waals surface area contributed by atoms with Crippen molar-refractivity contribution in [1.82, 2.24) is 15.2 Å². The van der Waals surface area contributed by atoms with E-state index in [1.54, 1.807) is 14.2 Å². The third-order valence-electron chi connectivity index (χ3n) is 5.54. The van der Waals surface area contributed by atoms with Crippen LogP contribution in [0.5, 0.6) is 5.75 Å². The number of thiazole rings is 1. The van der Waals surface area contributed by atoms with Gasteiger partial charge in [0.15, 0.2) is 10.8 Å². The minimum Gasteiger partial charge on any atom is -0.497 e. The van der Waals surface area contributed by atoms with Gasteiger partial charge in [-0.2, -0.15) is 0 Å². The van der Waals surface area contributed by atoms with Crippen LogP contribution in [-0.2, 0) is 16.1 Å². The first-order valence-electron chi connectivity index (χ1n) is 10.9. The number of anilines is 1. The predicted molar refractivity (Wildman–Crippen MR) is 134 cm³/mol. The Balaban J connectivity index is 1.77. The van der Waals surface area contributed by atoms with Crippen molar-refractivity contribution in [3.05, 3.63) is 76.8 Å². The summed E-state index contributed by atoms with van der Waals surface area (Å²) in [6, 6.07) is 15.6. The normalized spacial score (nSPS) is 12.2. The van der Waals surface area contributed by atoms with E-state index in [0.717, 1.165) is 28.2 Å². The first kappa shape index (κ1) is 25.7. The fraction of sp³-hybridized carbons (Fsp3) is 0.280. The molecule has 2 atom stereocenters. The lowest BCUT2D eigenvalue weighted by atomic mass is 9.92. The van der Waals surface area contributed by atoms with Crippen LogP contribution in [0, 0.1) is 0 Å². The van der Waals surface area contributed by atoms with Gasteiger partial charge in [-0.3, -0.25) is 4.79 Å². The van der Waals surface area contributed by atoms with Crippen molar-refractivity contribution in [3.8, 4) is 5.75 Å². The first-order valence-corrected chi connectivity index (χ1v) is 11.7. The molecular formula is C25H28N4O5S. The van der Waals surface area contributed by atoms with Crippen LogP contribution in [0.1, 0.15) is 34.5 Å². The summed E-state index contributed by atoms with van der Waals surface area (Å²) in [5, 5.41) is 7.35. The molecule has 9 nitrogen and oxygen atoms in total. The Bertz CT molecular complexity index is 1150. The second kappa shape index (κ2) is 12.0. The fourth-order valence-electron chi connectivity index (χ4n) is 3.56. The standard InChI is InChI=1S/C25H28N4O5S/c1-16(18-8-6-5-7-9-18)21(22(30)28-24-27-20(15-35-24)23(31)34-4)29(2)25(32)26-14-17-10-12-19(33-3)13-11-17/h5-13,15-16,21H,14H2,1-4H3,(H,26,32)(H,27,28,30). The van der Waals surface area contributed by atoms with Crippen LogP contribution >= 0.6 is 11.3 Å². The van der Waals surface area contributed by atoms with Crippen molar-refractivity contribution in [2.75, 3.05) is 26.6 Å². The Morgan fingerprint density at radius 3 is 2.37 bits per heavy atom. The van der Waals surface area contributed by atoms with E-state index in [4.69, 9.17) is 4.74 Å². The van der Waals surface area contributed by atoms with Crippen LogP contribution in [0.3, 0.4) is 0 Å². The highest BCUT2D eigenvalue weighted by molar-refractivity contribution is 7.14. The Kier molecular flexibility index (Phi) is 8.80. The van der Waals surface area contributed by atoms with Crippen molar-refractivity contribution >= 4 is 34.4 Å². The Morgan fingerprint density at radius 1 is 1.06 bits per heavy atom. The number of aromatic nitrogens is 1. The smallest absolute Gasteiger partial charge is 0.357 e. The molecule has 2 aromatic carbocycles. The third-order valence-corrected chi connectivity index (χ3v) is 6.29. The number of amides is 3. The molecule has 0 saturated heterocycles. The second-order valence-corrected chi connectivity index (χ2v) is 8.64. The molecule has 0 aliphatic rings. The number of hydrogen-bond acceptors (Lipinski definition) is 7. The summed E-state index contributed by atoms with van der Waals surface area (Å²) in [5.74, 6) is -0.615. The number of hydrogen-bond donors (Lipinski definition) is 2. The van der Waals surface area contributed by atoms with Gasteiger partial charge in [0.25, 0.3) is 0 Å². The highest BCUT2D eigenvalue weighted by Gasteiger charge is 2.33. The molecule has 0 aliphatic carbocycles. The number of ether oxygens (including phenoxy) is 2. The van der Waals surface area contributed by atoms with E-state index >= 15 is 0 Å². The van der Waals surface area contributed by atoms with Gasteiger partial charge in [0.2, 0.25) is 5.91 Å². The molecule has 2 unspecified atom stereocenters. The average molecular weight is 497 g/mol. The summed E-state index contributed by atoms with van der Waals surface area (Å²) >= 11 is 1.10. The molecule has 35 heavy (non-hydrogen) atoms. The van der Waals surface area contributed by atoms with E-state index in [-0.39, 0.29) is 23.3 Å². The first-order chi connectivity index (χ1) is 16.8. The van der Waals surface area contributed by atoms with Gasteiger partial charge in [0, 0.05) is 24.9 Å². The number of benzene rings is 2. The molecule has 1 heterocycles. The lowest BCUT2D eigenvalue weighted by molar-refractivity contribution is -0.120. The monoisotopic (exact) mass is 496 g/mol. The van der Waals surface area contributed by atoms with Crippen LogP contribution in [0.2, 0.25) is 0 Å². The molecule has 0 aliphatic heterocycles. The highest BCUT2D eigenvalue weighted by Crippen LogP contribution is 2.25. The largest absolute Gasteiger partial charge is 0.497 e. The fourth-order valence-corrected chi connectivity index (χ4v) is 4.24. The van der Waals surface area contributed by atoms with Crippen molar-refractivity contribution < 1.29 is 23.9 Å². The molecule has 3 amide bonds. The zero-order valence-electron chi connectivity index (χ0n) is 20.0. The number of nitrogens with zero attached hydrogens (tertiary/aromatic N) is 2. The van der Waals surface area contributed by atoms with Gasteiger partial charge in [0.1, 0.15) is 11.8 Å². The van der Waals surface area contributed by atoms with E-state index in [2.05, 4.69) is 20.4 Å². The Labute approximate surface area is 208 Å². The zero-order valence-corrected chi connectivity index (χ0v) is 20.8. The summed E-state index contributed by atoms with van der Waals surface area (Å²) in [6.07, 6.45) is 0. The maximum absolute atomic E-state index is 13.4. The van der Waals surface area contributed by atoms with Gasteiger partial charge in [-0.15, -0.1) is 11.3 Å². The molecule has 0 saturated carbocycles. The van der Waals surface area contributed by atoms with E-state index < -0.39 is 23.9 Å². The predicted octanol–water partition coefficient (Wildman–Crippen LogP) is 3.89. The number of esters is 1. The quantitative estimate of drug-likeness (QED) is 0.435. The van der Waals surface area contributed by atoms with Crippen molar-refractivity contribution in [2.24, 2.45) is 0 Å². The summed E-state index contributed by atoms with van der Waals surface area (Å²) in [4.78, 5) is 43.6. The summed E-state index contributed by atoms with van der Waals surface area (Å²) in [5.41, 5.74) is 1.89. The van der Waals surface area contributed by atoms with Crippen LogP contribution in [0.25, 0.3) is 0 Å². The average Bonchev–Trinajstić information content (AvgIpc) is 3.35. The molecular weight excluding hydrogens is 468 g/mol. The van der Waals surface area contributed by atoms with Crippen LogP contribution in [0.15, 0.2) is 60.0 Å². The number of carbonyl (C=O) groups excluding carboxylic acids is 3. The number of carbonyl (C=O) groups is 3. The van der Waals surface area contributed by atoms with Crippen LogP contribution in [-0.4, -0.2) is 55.1 Å². The van der Waals surface area contributed by atoms with E-state index in [0.29, 0.717) is 0 Å².